The lowest BCUT2D eigenvalue weighted by atomic mass is 9.82. The Balaban J connectivity index is 2.16. The van der Waals surface area contributed by atoms with Gasteiger partial charge in [0, 0.05) is 0 Å². The lowest BCUT2D eigenvalue weighted by molar-refractivity contribution is 0.101. The number of hydrogen-bond donors (Lipinski definition) is 1. The third-order valence-electron chi connectivity index (χ3n) is 3.64. The Morgan fingerprint density at radius 2 is 1.89 bits per heavy atom. The number of halogens is 1. The second-order valence-corrected chi connectivity index (χ2v) is 6.10. The molecule has 0 spiro atoms. The molecule has 0 aromatic heterocycles. The van der Waals surface area contributed by atoms with Crippen LogP contribution >= 0.6 is 12.2 Å². The van der Waals surface area contributed by atoms with Gasteiger partial charge in [-0.25, -0.2) is 4.39 Å². The Labute approximate surface area is 119 Å². The molecule has 4 heteroatoms. The van der Waals surface area contributed by atoms with Crippen molar-refractivity contribution in [2.75, 3.05) is 0 Å². The largest absolute Gasteiger partial charge is 0.490 e. The smallest absolute Gasteiger partial charge is 0.130 e. The topological polar surface area (TPSA) is 35.2 Å². The number of ether oxygens (including phenoxy) is 1. The van der Waals surface area contributed by atoms with E-state index in [9.17, 15) is 4.39 Å². The average Bonchev–Trinajstić information content (AvgIpc) is 2.30. The predicted molar refractivity (Wildman–Crippen MR) is 78.9 cm³/mol. The first-order valence-corrected chi connectivity index (χ1v) is 7.12. The predicted octanol–water partition coefficient (Wildman–Crippen LogP) is 3.66. The van der Waals surface area contributed by atoms with Crippen molar-refractivity contribution in [3.05, 3.63) is 29.6 Å². The minimum Gasteiger partial charge on any atom is -0.490 e. The highest BCUT2D eigenvalue weighted by molar-refractivity contribution is 7.80. The van der Waals surface area contributed by atoms with Crippen LogP contribution in [0.1, 0.15) is 38.7 Å². The SMILES string of the molecule is CC1CC(C)CC(Oc2ccc(F)cc2C(N)=S)C1. The van der Waals surface area contributed by atoms with Gasteiger partial charge < -0.3 is 10.5 Å². The van der Waals surface area contributed by atoms with Crippen molar-refractivity contribution < 1.29 is 9.13 Å². The van der Waals surface area contributed by atoms with Gasteiger partial charge in [0.15, 0.2) is 0 Å². The van der Waals surface area contributed by atoms with Crippen LogP contribution in [0, 0.1) is 17.7 Å². The van der Waals surface area contributed by atoms with E-state index in [-0.39, 0.29) is 16.9 Å². The van der Waals surface area contributed by atoms with E-state index in [2.05, 4.69) is 13.8 Å². The molecule has 0 radical (unpaired) electrons. The Morgan fingerprint density at radius 1 is 1.26 bits per heavy atom. The first kappa shape index (κ1) is 14.3. The van der Waals surface area contributed by atoms with Gasteiger partial charge in [0.25, 0.3) is 0 Å². The molecule has 0 saturated heterocycles. The summed E-state index contributed by atoms with van der Waals surface area (Å²) in [5.74, 6) is 1.56. The Morgan fingerprint density at radius 3 is 2.47 bits per heavy atom. The molecule has 2 atom stereocenters. The second kappa shape index (κ2) is 5.87. The minimum atomic E-state index is -0.347. The van der Waals surface area contributed by atoms with Gasteiger partial charge in [0.2, 0.25) is 0 Å². The number of benzene rings is 1. The van der Waals surface area contributed by atoms with Gasteiger partial charge in [-0.15, -0.1) is 0 Å². The Kier molecular flexibility index (Phi) is 4.40. The fraction of sp³-hybridized carbons (Fsp3) is 0.533. The summed E-state index contributed by atoms with van der Waals surface area (Å²) in [6, 6.07) is 4.34. The molecule has 0 heterocycles. The molecule has 1 aromatic carbocycles. The van der Waals surface area contributed by atoms with Gasteiger partial charge in [-0.3, -0.25) is 0 Å². The fourth-order valence-electron chi connectivity index (χ4n) is 2.95. The zero-order valence-electron chi connectivity index (χ0n) is 11.4. The maximum absolute atomic E-state index is 13.2. The van der Waals surface area contributed by atoms with Crippen molar-refractivity contribution >= 4 is 17.2 Å². The van der Waals surface area contributed by atoms with Crippen molar-refractivity contribution in [2.45, 2.75) is 39.2 Å². The molecular formula is C15H20FNOS. The Hall–Kier alpha value is -1.16. The highest BCUT2D eigenvalue weighted by atomic mass is 32.1. The third-order valence-corrected chi connectivity index (χ3v) is 3.86. The van der Waals surface area contributed by atoms with Crippen molar-refractivity contribution in [3.8, 4) is 5.75 Å². The second-order valence-electron chi connectivity index (χ2n) is 5.66. The quantitative estimate of drug-likeness (QED) is 0.859. The van der Waals surface area contributed by atoms with E-state index < -0.39 is 0 Å². The van der Waals surface area contributed by atoms with Gasteiger partial charge in [-0.2, -0.15) is 0 Å². The number of thiocarbonyl (C=S) groups is 1. The van der Waals surface area contributed by atoms with Gasteiger partial charge in [0.05, 0.1) is 11.7 Å². The maximum atomic E-state index is 13.2. The summed E-state index contributed by atoms with van der Waals surface area (Å²) in [5, 5.41) is 0. The van der Waals surface area contributed by atoms with E-state index in [1.807, 2.05) is 0 Å². The van der Waals surface area contributed by atoms with Crippen LogP contribution in [0.3, 0.4) is 0 Å². The van der Waals surface area contributed by atoms with Crippen LogP contribution in [0.5, 0.6) is 5.75 Å². The summed E-state index contributed by atoms with van der Waals surface area (Å²) in [6.45, 7) is 4.48. The highest BCUT2D eigenvalue weighted by Gasteiger charge is 2.26. The van der Waals surface area contributed by atoms with E-state index in [1.54, 1.807) is 6.07 Å². The first-order valence-electron chi connectivity index (χ1n) is 6.71. The lowest BCUT2D eigenvalue weighted by Gasteiger charge is -2.32. The molecule has 104 valence electrons. The molecule has 1 aliphatic carbocycles. The molecule has 2 N–H and O–H groups in total. The van der Waals surface area contributed by atoms with Crippen LogP contribution in [-0.2, 0) is 0 Å². The van der Waals surface area contributed by atoms with Gasteiger partial charge in [0.1, 0.15) is 16.6 Å². The van der Waals surface area contributed by atoms with Crippen LogP contribution in [-0.4, -0.2) is 11.1 Å². The number of rotatable bonds is 3. The molecule has 0 aliphatic heterocycles. The monoisotopic (exact) mass is 281 g/mol. The van der Waals surface area contributed by atoms with Gasteiger partial charge in [-0.05, 0) is 49.3 Å². The summed E-state index contributed by atoms with van der Waals surface area (Å²) in [4.78, 5) is 0.173. The van der Waals surface area contributed by atoms with Crippen LogP contribution in [0.2, 0.25) is 0 Å². The molecule has 1 aromatic rings. The fourth-order valence-corrected chi connectivity index (χ4v) is 3.11. The van der Waals surface area contributed by atoms with Crippen molar-refractivity contribution in [2.24, 2.45) is 17.6 Å². The summed E-state index contributed by atoms with van der Waals surface area (Å²) in [6.07, 6.45) is 3.46. The lowest BCUT2D eigenvalue weighted by Crippen LogP contribution is -2.29. The van der Waals surface area contributed by atoms with Crippen molar-refractivity contribution in [1.82, 2.24) is 0 Å². The first-order chi connectivity index (χ1) is 8.95. The third kappa shape index (κ3) is 3.66. The normalized spacial score (nSPS) is 27.0. The standard InChI is InChI=1S/C15H20FNOS/c1-9-5-10(2)7-12(6-9)18-14-4-3-11(16)8-13(14)15(17)19/h3-4,8-10,12H,5-7H2,1-2H3,(H2,17,19). The highest BCUT2D eigenvalue weighted by Crippen LogP contribution is 2.32. The minimum absolute atomic E-state index is 0.164. The molecule has 2 rings (SSSR count). The van der Waals surface area contributed by atoms with Gasteiger partial charge >= 0.3 is 0 Å². The summed E-state index contributed by atoms with van der Waals surface area (Å²) in [5.41, 5.74) is 6.11. The molecule has 2 nitrogen and oxygen atoms in total. The number of hydrogen-bond acceptors (Lipinski definition) is 2. The molecule has 1 fully saturated rings. The summed E-state index contributed by atoms with van der Waals surface area (Å²) < 4.78 is 19.2. The zero-order valence-corrected chi connectivity index (χ0v) is 12.2. The van der Waals surface area contributed by atoms with Crippen molar-refractivity contribution in [1.29, 1.82) is 0 Å². The molecule has 0 amide bonds. The van der Waals surface area contributed by atoms with Gasteiger partial charge in [-0.1, -0.05) is 26.1 Å². The van der Waals surface area contributed by atoms with Crippen LogP contribution in [0.25, 0.3) is 0 Å². The Bertz CT molecular complexity index is 467. The van der Waals surface area contributed by atoms with E-state index >= 15 is 0 Å². The molecule has 2 unspecified atom stereocenters. The summed E-state index contributed by atoms with van der Waals surface area (Å²) in [7, 11) is 0. The zero-order chi connectivity index (χ0) is 14.0. The maximum Gasteiger partial charge on any atom is 0.130 e. The average molecular weight is 281 g/mol. The molecule has 1 aliphatic rings. The van der Waals surface area contributed by atoms with E-state index in [0.29, 0.717) is 23.1 Å². The molecule has 1 saturated carbocycles. The van der Waals surface area contributed by atoms with E-state index in [4.69, 9.17) is 22.7 Å². The van der Waals surface area contributed by atoms with E-state index in [0.717, 1.165) is 12.8 Å². The van der Waals surface area contributed by atoms with Crippen LogP contribution in [0.15, 0.2) is 18.2 Å². The van der Waals surface area contributed by atoms with Crippen LogP contribution < -0.4 is 10.5 Å². The number of nitrogens with two attached hydrogens (primary N) is 1. The summed E-state index contributed by atoms with van der Waals surface area (Å²) >= 11 is 4.95. The molecule has 19 heavy (non-hydrogen) atoms. The molecular weight excluding hydrogens is 261 g/mol. The van der Waals surface area contributed by atoms with E-state index in [1.165, 1.54) is 18.6 Å². The van der Waals surface area contributed by atoms with Crippen LogP contribution in [0.4, 0.5) is 4.39 Å². The van der Waals surface area contributed by atoms with Crippen molar-refractivity contribution in [3.63, 3.8) is 0 Å². The molecule has 0 bridgehead atoms.